The van der Waals surface area contributed by atoms with Crippen LogP contribution in [0, 0.1) is 0 Å². The number of hydrogen-bond donors (Lipinski definition) is 0. The van der Waals surface area contributed by atoms with Crippen LogP contribution in [-0.4, -0.2) is 29.2 Å². The van der Waals surface area contributed by atoms with Crippen LogP contribution in [0.3, 0.4) is 0 Å². The summed E-state index contributed by atoms with van der Waals surface area (Å²) in [6.07, 6.45) is 9.81. The van der Waals surface area contributed by atoms with Gasteiger partial charge in [-0.3, -0.25) is 0 Å². The van der Waals surface area contributed by atoms with Crippen LogP contribution in [-0.2, 0) is 11.3 Å². The maximum absolute atomic E-state index is 12.5. The van der Waals surface area contributed by atoms with E-state index in [1.54, 1.807) is 24.5 Å². The number of aromatic nitrogens is 2. The summed E-state index contributed by atoms with van der Waals surface area (Å²) in [4.78, 5) is 17.0. The molecule has 0 aliphatic carbocycles. The van der Waals surface area contributed by atoms with Gasteiger partial charge in [0.2, 0.25) is 0 Å². The number of unbranched alkanes of at least 4 members (excludes halogenated alkanes) is 1. The summed E-state index contributed by atoms with van der Waals surface area (Å²) in [6, 6.07) is 27.6. The second-order valence-corrected chi connectivity index (χ2v) is 11.0. The van der Waals surface area contributed by atoms with Crippen molar-refractivity contribution in [2.45, 2.75) is 26.3 Å². The van der Waals surface area contributed by atoms with E-state index < -0.39 is 0 Å². The van der Waals surface area contributed by atoms with E-state index in [4.69, 9.17) is 32.7 Å². The third-order valence-corrected chi connectivity index (χ3v) is 7.59. The first-order valence-corrected chi connectivity index (χ1v) is 14.9. The first-order valence-electron chi connectivity index (χ1n) is 14.1. The number of carbonyl (C=O) groups is 1. The molecule has 0 fully saturated rings. The molecule has 0 aliphatic heterocycles. The van der Waals surface area contributed by atoms with Gasteiger partial charge in [-0.05, 0) is 76.7 Å². The van der Waals surface area contributed by atoms with Crippen molar-refractivity contribution in [1.82, 2.24) is 9.55 Å². The predicted molar refractivity (Wildman–Crippen MR) is 176 cm³/mol. The van der Waals surface area contributed by atoms with E-state index in [0.717, 1.165) is 64.3 Å². The minimum atomic E-state index is -0.383. The quantitative estimate of drug-likeness (QED) is 0.0848. The molecule has 0 bridgehead atoms. The molecule has 0 atom stereocenters. The number of hydrogen-bond acceptors (Lipinski definition) is 4. The lowest BCUT2D eigenvalue weighted by molar-refractivity contribution is 0.0600. The van der Waals surface area contributed by atoms with E-state index in [1.807, 2.05) is 53.2 Å². The van der Waals surface area contributed by atoms with Crippen molar-refractivity contribution >= 4 is 41.3 Å². The predicted octanol–water partition coefficient (Wildman–Crippen LogP) is 9.71. The van der Waals surface area contributed by atoms with Gasteiger partial charge in [-0.1, -0.05) is 91.2 Å². The Kier molecular flexibility index (Phi) is 9.98. The van der Waals surface area contributed by atoms with Gasteiger partial charge in [0.05, 0.1) is 36.3 Å². The van der Waals surface area contributed by atoms with E-state index in [0.29, 0.717) is 22.2 Å². The minimum Gasteiger partial charge on any atom is -0.494 e. The molecule has 43 heavy (non-hydrogen) atoms. The van der Waals surface area contributed by atoms with Crippen molar-refractivity contribution < 1.29 is 14.3 Å². The summed E-state index contributed by atoms with van der Waals surface area (Å²) in [5, 5.41) is 1.12. The van der Waals surface area contributed by atoms with Crippen LogP contribution in [0.2, 0.25) is 10.0 Å². The Morgan fingerprint density at radius 3 is 2.35 bits per heavy atom. The number of ether oxygens (including phenoxy) is 2. The molecule has 0 spiro atoms. The molecule has 1 heterocycles. The summed E-state index contributed by atoms with van der Waals surface area (Å²) in [5.41, 5.74) is 7.11. The molecule has 0 saturated heterocycles. The van der Waals surface area contributed by atoms with Gasteiger partial charge in [-0.15, -0.1) is 0 Å². The number of nitrogens with zero attached hydrogens (tertiary/aromatic N) is 2. The number of rotatable bonds is 11. The van der Waals surface area contributed by atoms with Crippen LogP contribution in [0.1, 0.15) is 46.8 Å². The Balaban J connectivity index is 1.31. The largest absolute Gasteiger partial charge is 0.494 e. The third-order valence-electron chi connectivity index (χ3n) is 7.05. The van der Waals surface area contributed by atoms with E-state index in [1.165, 1.54) is 7.11 Å². The van der Waals surface area contributed by atoms with Crippen LogP contribution in [0.15, 0.2) is 97.5 Å². The Bertz CT molecular complexity index is 1720. The van der Waals surface area contributed by atoms with E-state index in [2.05, 4.69) is 48.3 Å². The van der Waals surface area contributed by atoms with Crippen LogP contribution in [0.5, 0.6) is 5.75 Å². The highest BCUT2D eigenvalue weighted by atomic mass is 35.5. The Morgan fingerprint density at radius 1 is 0.907 bits per heavy atom. The summed E-state index contributed by atoms with van der Waals surface area (Å²) >= 11 is 12.4. The molecule has 5 rings (SSSR count). The number of methoxy groups -OCH3 is 1. The van der Waals surface area contributed by atoms with Crippen LogP contribution in [0.25, 0.3) is 34.5 Å². The standard InChI is InChI=1S/C36H32Cl2N2O3/c1-3-4-19-43-31-15-12-28(13-16-31)27-9-5-25(6-10-27)7-11-29-20-26(8-17-32(29)36(41)42-2)22-40-23-35(39-24-40)33-18-14-30(37)21-34(33)38/h5-18,20-21,23-24H,3-4,19,22H2,1-2H3/b11-7+. The maximum Gasteiger partial charge on any atom is 0.338 e. The van der Waals surface area contributed by atoms with E-state index >= 15 is 0 Å². The molecule has 0 saturated carbocycles. The first-order chi connectivity index (χ1) is 20.9. The van der Waals surface area contributed by atoms with Gasteiger partial charge in [-0.2, -0.15) is 0 Å². The van der Waals surface area contributed by atoms with Crippen molar-refractivity contribution in [1.29, 1.82) is 0 Å². The Hall–Kier alpha value is -4.32. The van der Waals surface area contributed by atoms with Crippen molar-refractivity contribution in [2.75, 3.05) is 13.7 Å². The molecular weight excluding hydrogens is 579 g/mol. The zero-order valence-electron chi connectivity index (χ0n) is 24.1. The second kappa shape index (κ2) is 14.2. The van der Waals surface area contributed by atoms with Gasteiger partial charge in [0, 0.05) is 23.3 Å². The fourth-order valence-corrected chi connectivity index (χ4v) is 5.19. The molecule has 218 valence electrons. The molecule has 1 aromatic heterocycles. The van der Waals surface area contributed by atoms with Crippen molar-refractivity contribution in [3.8, 4) is 28.1 Å². The smallest absolute Gasteiger partial charge is 0.338 e. The third kappa shape index (κ3) is 7.75. The lowest BCUT2D eigenvalue weighted by atomic mass is 10.0. The van der Waals surface area contributed by atoms with E-state index in [9.17, 15) is 4.79 Å². The molecule has 0 unspecified atom stereocenters. The number of carbonyl (C=O) groups excluding carboxylic acids is 1. The number of benzene rings is 4. The summed E-state index contributed by atoms with van der Waals surface area (Å²) in [5.74, 6) is 0.505. The van der Waals surface area contributed by atoms with Gasteiger partial charge >= 0.3 is 5.97 Å². The normalized spacial score (nSPS) is 11.2. The van der Waals surface area contributed by atoms with E-state index in [-0.39, 0.29) is 5.97 Å². The van der Waals surface area contributed by atoms with Crippen molar-refractivity contribution in [3.05, 3.63) is 130 Å². The molecule has 5 nitrogen and oxygen atoms in total. The van der Waals surface area contributed by atoms with Gasteiger partial charge < -0.3 is 14.0 Å². The fraction of sp³-hybridized carbons (Fsp3) is 0.167. The van der Waals surface area contributed by atoms with Gasteiger partial charge in [0.25, 0.3) is 0 Å². The van der Waals surface area contributed by atoms with Gasteiger partial charge in [-0.25, -0.2) is 9.78 Å². The summed E-state index contributed by atoms with van der Waals surface area (Å²) in [7, 11) is 1.39. The summed E-state index contributed by atoms with van der Waals surface area (Å²) < 4.78 is 12.8. The first kappa shape index (κ1) is 30.1. The highest BCUT2D eigenvalue weighted by Crippen LogP contribution is 2.29. The molecule has 0 amide bonds. The van der Waals surface area contributed by atoms with Gasteiger partial charge in [0.1, 0.15) is 5.75 Å². The Labute approximate surface area is 262 Å². The van der Waals surface area contributed by atoms with Crippen molar-refractivity contribution in [2.24, 2.45) is 0 Å². The minimum absolute atomic E-state index is 0.383. The second-order valence-electron chi connectivity index (χ2n) is 10.2. The average Bonchev–Trinajstić information content (AvgIpc) is 3.48. The molecule has 0 N–H and O–H groups in total. The fourth-order valence-electron chi connectivity index (χ4n) is 4.69. The molecule has 0 aliphatic rings. The van der Waals surface area contributed by atoms with Gasteiger partial charge in [0.15, 0.2) is 0 Å². The number of imidazole rings is 1. The van der Waals surface area contributed by atoms with Crippen molar-refractivity contribution in [3.63, 3.8) is 0 Å². The Morgan fingerprint density at radius 2 is 1.65 bits per heavy atom. The highest BCUT2D eigenvalue weighted by Gasteiger charge is 2.12. The zero-order chi connectivity index (χ0) is 30.2. The molecule has 7 heteroatoms. The summed E-state index contributed by atoms with van der Waals surface area (Å²) in [6.45, 7) is 3.46. The topological polar surface area (TPSA) is 53.4 Å². The van der Waals surface area contributed by atoms with Crippen LogP contribution < -0.4 is 4.74 Å². The SMILES string of the molecule is CCCCOc1ccc(-c2ccc(/C=C/c3cc(Cn4cnc(-c5ccc(Cl)cc5Cl)c4)ccc3C(=O)OC)cc2)cc1. The zero-order valence-corrected chi connectivity index (χ0v) is 25.6. The lowest BCUT2D eigenvalue weighted by Gasteiger charge is -2.09. The molecular formula is C36H32Cl2N2O3. The lowest BCUT2D eigenvalue weighted by Crippen LogP contribution is -2.05. The highest BCUT2D eigenvalue weighted by molar-refractivity contribution is 6.36. The van der Waals surface area contributed by atoms with Crippen LogP contribution in [0.4, 0.5) is 0 Å². The van der Waals surface area contributed by atoms with Crippen LogP contribution >= 0.6 is 23.2 Å². The molecule has 4 aromatic carbocycles. The maximum atomic E-state index is 12.5. The molecule has 0 radical (unpaired) electrons. The monoisotopic (exact) mass is 610 g/mol. The number of esters is 1. The molecule has 5 aromatic rings. The number of halogens is 2. The average molecular weight is 612 g/mol.